The van der Waals surface area contributed by atoms with Crippen molar-refractivity contribution >= 4 is 17.9 Å². The second-order valence-electron chi connectivity index (χ2n) is 25.6. The third kappa shape index (κ3) is 67.2. The lowest BCUT2D eigenvalue weighted by Gasteiger charge is -2.18. The van der Waals surface area contributed by atoms with Crippen molar-refractivity contribution in [2.75, 3.05) is 13.2 Å². The second kappa shape index (κ2) is 69.9. The largest absolute Gasteiger partial charge is 0.462 e. The fraction of sp³-hybridized carbons (Fsp3) is 0.959. The number of esters is 3. The number of unbranched alkanes of at least 4 members (excludes halogenated alkanes) is 59. The Kier molecular flexibility index (Phi) is 68.5. The van der Waals surface area contributed by atoms with Gasteiger partial charge in [0.2, 0.25) is 0 Å². The predicted molar refractivity (Wildman–Crippen MR) is 349 cm³/mol. The van der Waals surface area contributed by atoms with Crippen molar-refractivity contribution in [1.82, 2.24) is 0 Å². The first-order valence-electron chi connectivity index (χ1n) is 37.0. The van der Waals surface area contributed by atoms with E-state index in [1.165, 1.54) is 340 Å². The molecule has 0 aliphatic carbocycles. The van der Waals surface area contributed by atoms with E-state index >= 15 is 0 Å². The maximum atomic E-state index is 12.9. The van der Waals surface area contributed by atoms with Crippen molar-refractivity contribution in [3.05, 3.63) is 0 Å². The van der Waals surface area contributed by atoms with Crippen LogP contribution in [0, 0.1) is 0 Å². The first-order valence-corrected chi connectivity index (χ1v) is 37.0. The first-order chi connectivity index (χ1) is 39.5. The Balaban J connectivity index is 3.92. The summed E-state index contributed by atoms with van der Waals surface area (Å²) in [6.45, 7) is 6.68. The van der Waals surface area contributed by atoms with Gasteiger partial charge in [-0.15, -0.1) is 0 Å². The van der Waals surface area contributed by atoms with Crippen LogP contribution in [0.25, 0.3) is 0 Å². The smallest absolute Gasteiger partial charge is 0.306 e. The zero-order valence-electron chi connectivity index (χ0n) is 54.9. The summed E-state index contributed by atoms with van der Waals surface area (Å²) in [6, 6.07) is 0. The lowest BCUT2D eigenvalue weighted by Crippen LogP contribution is -2.30. The van der Waals surface area contributed by atoms with Crippen LogP contribution in [0.5, 0.6) is 0 Å². The van der Waals surface area contributed by atoms with Crippen LogP contribution in [0.3, 0.4) is 0 Å². The van der Waals surface area contributed by atoms with E-state index in [0.29, 0.717) is 19.3 Å². The minimum atomic E-state index is -0.762. The van der Waals surface area contributed by atoms with Gasteiger partial charge >= 0.3 is 17.9 Å². The Morgan fingerprint density at radius 3 is 0.500 bits per heavy atom. The van der Waals surface area contributed by atoms with Gasteiger partial charge in [0, 0.05) is 19.3 Å². The molecule has 0 N–H and O–H groups in total. The van der Waals surface area contributed by atoms with E-state index < -0.39 is 6.10 Å². The van der Waals surface area contributed by atoms with Gasteiger partial charge in [-0.05, 0) is 19.3 Å². The molecule has 0 saturated heterocycles. The highest BCUT2D eigenvalue weighted by Gasteiger charge is 2.20. The molecule has 0 aromatic rings. The second-order valence-corrected chi connectivity index (χ2v) is 25.6. The number of hydrogen-bond donors (Lipinski definition) is 0. The normalized spacial score (nSPS) is 11.9. The standard InChI is InChI=1S/C74H144O6/c1-4-7-10-13-16-18-20-22-24-26-28-30-32-34-36-38-40-42-44-46-48-50-52-54-56-58-61-64-67-73(76)79-70-71(69-78-72(75)66-63-60-15-12-9-6-3)80-74(77)68-65-62-59-57-55-53-51-49-47-45-43-41-39-37-35-33-31-29-27-25-23-21-19-17-14-11-8-5-2/h71H,4-70H2,1-3H3. The van der Waals surface area contributed by atoms with Crippen LogP contribution >= 0.6 is 0 Å². The molecule has 0 aliphatic heterocycles. The maximum absolute atomic E-state index is 12.9. The molecular formula is C74H144O6. The lowest BCUT2D eigenvalue weighted by atomic mass is 10.0. The minimum Gasteiger partial charge on any atom is -0.462 e. The molecular weight excluding hydrogens is 985 g/mol. The molecule has 6 heteroatoms. The van der Waals surface area contributed by atoms with Crippen LogP contribution in [0.4, 0.5) is 0 Å². The summed E-state index contributed by atoms with van der Waals surface area (Å²) in [7, 11) is 0. The highest BCUT2D eigenvalue weighted by atomic mass is 16.6. The molecule has 0 aromatic carbocycles. The molecule has 0 bridgehead atoms. The zero-order valence-corrected chi connectivity index (χ0v) is 54.9. The van der Waals surface area contributed by atoms with Crippen LogP contribution in [-0.2, 0) is 28.6 Å². The summed E-state index contributed by atoms with van der Waals surface area (Å²) in [5.74, 6) is -0.835. The van der Waals surface area contributed by atoms with E-state index in [4.69, 9.17) is 14.2 Å². The molecule has 1 unspecified atom stereocenters. The highest BCUT2D eigenvalue weighted by Crippen LogP contribution is 2.20. The summed E-state index contributed by atoms with van der Waals surface area (Å²) in [5.41, 5.74) is 0. The van der Waals surface area contributed by atoms with Crippen molar-refractivity contribution in [2.45, 2.75) is 444 Å². The van der Waals surface area contributed by atoms with E-state index in [-0.39, 0.29) is 31.1 Å². The molecule has 0 aliphatic rings. The fourth-order valence-corrected chi connectivity index (χ4v) is 11.8. The van der Waals surface area contributed by atoms with Crippen LogP contribution in [0.2, 0.25) is 0 Å². The summed E-state index contributed by atoms with van der Waals surface area (Å²) in [4.78, 5) is 38.1. The molecule has 0 spiro atoms. The van der Waals surface area contributed by atoms with Gasteiger partial charge in [0.1, 0.15) is 13.2 Å². The van der Waals surface area contributed by atoms with Gasteiger partial charge in [-0.25, -0.2) is 0 Å². The average Bonchev–Trinajstić information content (AvgIpc) is 3.46. The fourth-order valence-electron chi connectivity index (χ4n) is 11.8. The summed E-state index contributed by atoms with van der Waals surface area (Å²) in [6.07, 6.45) is 83.5. The van der Waals surface area contributed by atoms with Gasteiger partial charge in [-0.2, -0.15) is 0 Å². The van der Waals surface area contributed by atoms with Crippen LogP contribution in [-0.4, -0.2) is 37.2 Å². The van der Waals surface area contributed by atoms with E-state index in [1.807, 2.05) is 0 Å². The monoisotopic (exact) mass is 1130 g/mol. The molecule has 0 radical (unpaired) electrons. The van der Waals surface area contributed by atoms with E-state index in [9.17, 15) is 14.4 Å². The zero-order chi connectivity index (χ0) is 57.8. The Bertz CT molecular complexity index is 1200. The molecule has 6 nitrogen and oxygen atoms in total. The Hall–Kier alpha value is -1.59. The summed E-state index contributed by atoms with van der Waals surface area (Å²) >= 11 is 0. The molecule has 0 fully saturated rings. The molecule has 0 aromatic heterocycles. The number of carbonyl (C=O) groups is 3. The van der Waals surface area contributed by atoms with E-state index in [1.54, 1.807) is 0 Å². The Labute approximate surface area is 501 Å². The third-order valence-corrected chi connectivity index (χ3v) is 17.4. The van der Waals surface area contributed by atoms with E-state index in [0.717, 1.165) is 57.8 Å². The predicted octanol–water partition coefficient (Wildman–Crippen LogP) is 25.4. The molecule has 476 valence electrons. The average molecular weight is 1130 g/mol. The quantitative estimate of drug-likeness (QED) is 0.0343. The van der Waals surface area contributed by atoms with Crippen LogP contribution < -0.4 is 0 Å². The number of hydrogen-bond acceptors (Lipinski definition) is 6. The van der Waals surface area contributed by atoms with Crippen molar-refractivity contribution in [3.63, 3.8) is 0 Å². The first kappa shape index (κ1) is 78.4. The third-order valence-electron chi connectivity index (χ3n) is 17.4. The van der Waals surface area contributed by atoms with Gasteiger partial charge in [0.15, 0.2) is 6.10 Å². The molecule has 1 atom stereocenters. The molecule has 0 rings (SSSR count). The van der Waals surface area contributed by atoms with Gasteiger partial charge in [-0.1, -0.05) is 400 Å². The summed E-state index contributed by atoms with van der Waals surface area (Å²) < 4.78 is 16.9. The van der Waals surface area contributed by atoms with Crippen LogP contribution in [0.15, 0.2) is 0 Å². The summed E-state index contributed by atoms with van der Waals surface area (Å²) in [5, 5.41) is 0. The number of ether oxygens (including phenoxy) is 3. The number of rotatable bonds is 70. The van der Waals surface area contributed by atoms with Gasteiger partial charge < -0.3 is 14.2 Å². The van der Waals surface area contributed by atoms with Crippen molar-refractivity contribution in [3.8, 4) is 0 Å². The van der Waals surface area contributed by atoms with Gasteiger partial charge in [0.05, 0.1) is 0 Å². The molecule has 0 heterocycles. The van der Waals surface area contributed by atoms with Crippen molar-refractivity contribution < 1.29 is 28.6 Å². The van der Waals surface area contributed by atoms with Crippen LogP contribution in [0.1, 0.15) is 438 Å². The Morgan fingerprint density at radius 2 is 0.338 bits per heavy atom. The number of carbonyl (C=O) groups excluding carboxylic acids is 3. The Morgan fingerprint density at radius 1 is 0.200 bits per heavy atom. The van der Waals surface area contributed by atoms with Crippen molar-refractivity contribution in [2.24, 2.45) is 0 Å². The van der Waals surface area contributed by atoms with Gasteiger partial charge in [-0.3, -0.25) is 14.4 Å². The molecule has 80 heavy (non-hydrogen) atoms. The van der Waals surface area contributed by atoms with E-state index in [2.05, 4.69) is 20.8 Å². The lowest BCUT2D eigenvalue weighted by molar-refractivity contribution is -0.167. The topological polar surface area (TPSA) is 78.9 Å². The SMILES string of the molecule is CCCCCCCCCCCCCCCCCCCCCCCCCCCCCCC(=O)OCC(COC(=O)CCCCCCCC)OC(=O)CCCCCCCCCCCCCCCCCCCCCCCCCCCCCC. The molecule has 0 saturated carbocycles. The molecule has 0 amide bonds. The highest BCUT2D eigenvalue weighted by molar-refractivity contribution is 5.71. The maximum Gasteiger partial charge on any atom is 0.306 e. The van der Waals surface area contributed by atoms with Crippen molar-refractivity contribution in [1.29, 1.82) is 0 Å². The minimum absolute atomic E-state index is 0.0615. The van der Waals surface area contributed by atoms with Gasteiger partial charge in [0.25, 0.3) is 0 Å².